The third-order valence-corrected chi connectivity index (χ3v) is 4.40. The summed E-state index contributed by atoms with van der Waals surface area (Å²) in [5, 5.41) is 9.19. The van der Waals surface area contributed by atoms with Crippen molar-refractivity contribution in [3.05, 3.63) is 29.8 Å². The molecule has 1 saturated heterocycles. The topological polar surface area (TPSA) is 49.8 Å². The molecule has 1 N–H and O–H groups in total. The van der Waals surface area contributed by atoms with Gasteiger partial charge in [-0.2, -0.15) is 11.8 Å². The first-order chi connectivity index (χ1) is 9.66. The van der Waals surface area contributed by atoms with Gasteiger partial charge in [-0.25, -0.2) is 0 Å². The Bertz CT molecular complexity index is 452. The smallest absolute Gasteiger partial charge is 0.321 e. The summed E-state index contributed by atoms with van der Waals surface area (Å²) in [7, 11) is 0. The summed E-state index contributed by atoms with van der Waals surface area (Å²) in [6.07, 6.45) is 0.850. The number of aryl methyl sites for hydroxylation is 1. The zero-order valence-electron chi connectivity index (χ0n) is 11.7. The van der Waals surface area contributed by atoms with Crippen LogP contribution in [0.2, 0.25) is 0 Å². The second-order valence-corrected chi connectivity index (χ2v) is 6.13. The van der Waals surface area contributed by atoms with Crippen LogP contribution in [0.4, 0.5) is 0 Å². The van der Waals surface area contributed by atoms with E-state index in [0.717, 1.165) is 31.0 Å². The lowest BCUT2D eigenvalue weighted by molar-refractivity contribution is -0.142. The molecule has 110 valence electrons. The number of thioether (sulfide) groups is 1. The molecule has 5 heteroatoms. The maximum absolute atomic E-state index is 11.2. The van der Waals surface area contributed by atoms with E-state index in [4.69, 9.17) is 4.74 Å². The van der Waals surface area contributed by atoms with Crippen molar-refractivity contribution in [1.29, 1.82) is 0 Å². The van der Waals surface area contributed by atoms with Gasteiger partial charge in [0, 0.05) is 24.6 Å². The highest BCUT2D eigenvalue weighted by molar-refractivity contribution is 7.99. The molecular weight excluding hydrogens is 274 g/mol. The van der Waals surface area contributed by atoms with Crippen LogP contribution in [0.1, 0.15) is 12.0 Å². The van der Waals surface area contributed by atoms with Gasteiger partial charge in [-0.1, -0.05) is 12.1 Å². The summed E-state index contributed by atoms with van der Waals surface area (Å²) in [6.45, 7) is 4.30. The van der Waals surface area contributed by atoms with Gasteiger partial charge in [0.15, 0.2) is 0 Å². The van der Waals surface area contributed by atoms with Crippen molar-refractivity contribution in [3.63, 3.8) is 0 Å². The Morgan fingerprint density at radius 1 is 1.55 bits per heavy atom. The number of hydrogen-bond acceptors (Lipinski definition) is 4. The van der Waals surface area contributed by atoms with Crippen molar-refractivity contribution in [2.45, 2.75) is 19.4 Å². The Hall–Kier alpha value is -1.20. The number of aliphatic carboxylic acids is 1. The fourth-order valence-corrected chi connectivity index (χ4v) is 3.40. The second-order valence-electron chi connectivity index (χ2n) is 4.98. The minimum atomic E-state index is -0.711. The Labute approximate surface area is 124 Å². The number of nitrogens with zero attached hydrogens (tertiary/aromatic N) is 1. The quantitative estimate of drug-likeness (QED) is 0.816. The zero-order chi connectivity index (χ0) is 14.4. The van der Waals surface area contributed by atoms with Crippen molar-refractivity contribution in [2.24, 2.45) is 0 Å². The highest BCUT2D eigenvalue weighted by Gasteiger charge is 2.28. The molecule has 4 nitrogen and oxygen atoms in total. The van der Waals surface area contributed by atoms with Crippen molar-refractivity contribution in [1.82, 2.24) is 4.90 Å². The van der Waals surface area contributed by atoms with Crippen molar-refractivity contribution in [2.75, 3.05) is 31.2 Å². The zero-order valence-corrected chi connectivity index (χ0v) is 12.6. The molecule has 1 atom stereocenters. The number of hydrogen-bond donors (Lipinski definition) is 1. The molecule has 0 aliphatic carbocycles. The summed E-state index contributed by atoms with van der Waals surface area (Å²) in [5.41, 5.74) is 1.18. The first-order valence-corrected chi connectivity index (χ1v) is 8.06. The number of carbonyl (C=O) groups is 1. The predicted octanol–water partition coefficient (Wildman–Crippen LogP) is 2.27. The third-order valence-electron chi connectivity index (χ3n) is 3.37. The van der Waals surface area contributed by atoms with Crippen LogP contribution in [0, 0.1) is 6.92 Å². The lowest BCUT2D eigenvalue weighted by Gasteiger charge is -2.32. The SMILES string of the molecule is Cc1cccc(OCCCN2CCSCC2C(=O)O)c1. The van der Waals surface area contributed by atoms with Gasteiger partial charge in [0.2, 0.25) is 0 Å². The van der Waals surface area contributed by atoms with E-state index in [0.29, 0.717) is 12.4 Å². The van der Waals surface area contributed by atoms with Crippen LogP contribution in [0.5, 0.6) is 5.75 Å². The molecule has 1 unspecified atom stereocenters. The van der Waals surface area contributed by atoms with Crippen LogP contribution in [0.15, 0.2) is 24.3 Å². The first-order valence-electron chi connectivity index (χ1n) is 6.91. The molecule has 0 radical (unpaired) electrons. The van der Waals surface area contributed by atoms with Crippen LogP contribution in [0.3, 0.4) is 0 Å². The second kappa shape index (κ2) is 7.55. The van der Waals surface area contributed by atoms with Crippen molar-refractivity contribution >= 4 is 17.7 Å². The Morgan fingerprint density at radius 2 is 2.40 bits per heavy atom. The van der Waals surface area contributed by atoms with Gasteiger partial charge in [-0.3, -0.25) is 9.69 Å². The minimum Gasteiger partial charge on any atom is -0.494 e. The number of carboxylic acid groups (broad SMARTS) is 1. The van der Waals surface area contributed by atoms with Crippen LogP contribution in [-0.2, 0) is 4.79 Å². The molecule has 1 aromatic carbocycles. The summed E-state index contributed by atoms with van der Waals surface area (Å²) < 4.78 is 5.69. The molecule has 1 aromatic rings. The number of carboxylic acids is 1. The lowest BCUT2D eigenvalue weighted by atomic mass is 10.2. The van der Waals surface area contributed by atoms with Gasteiger partial charge in [0.1, 0.15) is 11.8 Å². The number of rotatable bonds is 6. The average molecular weight is 295 g/mol. The van der Waals surface area contributed by atoms with Crippen LogP contribution >= 0.6 is 11.8 Å². The van der Waals surface area contributed by atoms with E-state index in [1.165, 1.54) is 5.56 Å². The summed E-state index contributed by atoms with van der Waals surface area (Å²) in [4.78, 5) is 13.2. The fourth-order valence-electron chi connectivity index (χ4n) is 2.30. The van der Waals surface area contributed by atoms with Crippen LogP contribution in [-0.4, -0.2) is 53.2 Å². The van der Waals surface area contributed by atoms with Gasteiger partial charge in [-0.05, 0) is 31.0 Å². The van der Waals surface area contributed by atoms with Gasteiger partial charge < -0.3 is 9.84 Å². The molecule has 0 aromatic heterocycles. The molecule has 0 amide bonds. The molecule has 1 aliphatic heterocycles. The van der Waals surface area contributed by atoms with Gasteiger partial charge >= 0.3 is 5.97 Å². The van der Waals surface area contributed by atoms with Gasteiger partial charge in [0.25, 0.3) is 0 Å². The lowest BCUT2D eigenvalue weighted by Crippen LogP contribution is -2.47. The molecule has 1 aliphatic rings. The van der Waals surface area contributed by atoms with Crippen molar-refractivity contribution < 1.29 is 14.6 Å². The third kappa shape index (κ3) is 4.42. The maximum atomic E-state index is 11.2. The van der Waals surface area contributed by atoms with E-state index < -0.39 is 5.97 Å². The maximum Gasteiger partial charge on any atom is 0.321 e. The summed E-state index contributed by atoms with van der Waals surface area (Å²) >= 11 is 1.72. The van der Waals surface area contributed by atoms with E-state index in [1.54, 1.807) is 11.8 Å². The molecule has 0 saturated carbocycles. The summed E-state index contributed by atoms with van der Waals surface area (Å²) in [6, 6.07) is 7.64. The molecule has 1 heterocycles. The monoisotopic (exact) mass is 295 g/mol. The van der Waals surface area contributed by atoms with E-state index in [1.807, 2.05) is 31.2 Å². The van der Waals surface area contributed by atoms with Gasteiger partial charge in [-0.15, -0.1) is 0 Å². The molecule has 1 fully saturated rings. The van der Waals surface area contributed by atoms with E-state index >= 15 is 0 Å². The van der Waals surface area contributed by atoms with Crippen molar-refractivity contribution in [3.8, 4) is 5.75 Å². The van der Waals surface area contributed by atoms with Crippen LogP contribution in [0.25, 0.3) is 0 Å². The normalized spacial score (nSPS) is 19.8. The molecule has 0 bridgehead atoms. The fraction of sp³-hybridized carbons (Fsp3) is 0.533. The Balaban J connectivity index is 1.73. The van der Waals surface area contributed by atoms with E-state index in [9.17, 15) is 9.90 Å². The molecule has 0 spiro atoms. The Kier molecular flexibility index (Phi) is 5.73. The van der Waals surface area contributed by atoms with E-state index in [2.05, 4.69) is 4.90 Å². The van der Waals surface area contributed by atoms with Crippen LogP contribution < -0.4 is 4.74 Å². The van der Waals surface area contributed by atoms with E-state index in [-0.39, 0.29) is 6.04 Å². The largest absolute Gasteiger partial charge is 0.494 e. The molecule has 2 rings (SSSR count). The van der Waals surface area contributed by atoms with Gasteiger partial charge in [0.05, 0.1) is 6.61 Å². The standard InChI is InChI=1S/C15H21NO3S/c1-12-4-2-5-13(10-12)19-8-3-6-16-7-9-20-11-14(16)15(17)18/h2,4-5,10,14H,3,6-9,11H2,1H3,(H,17,18). The molecule has 20 heavy (non-hydrogen) atoms. The first kappa shape index (κ1) is 15.2. The number of benzene rings is 1. The summed E-state index contributed by atoms with van der Waals surface area (Å²) in [5.74, 6) is 1.88. The predicted molar refractivity (Wildman–Crippen MR) is 81.6 cm³/mol. The molecular formula is C15H21NO3S. The highest BCUT2D eigenvalue weighted by atomic mass is 32.2. The number of ether oxygens (including phenoxy) is 1. The highest BCUT2D eigenvalue weighted by Crippen LogP contribution is 2.17. The Morgan fingerprint density at radius 3 is 3.15 bits per heavy atom. The average Bonchev–Trinajstić information content (AvgIpc) is 2.44. The minimum absolute atomic E-state index is 0.340.